The molecule has 164 valence electrons. The maximum atomic E-state index is 12.8. The topological polar surface area (TPSA) is 73.8 Å². The lowest BCUT2D eigenvalue weighted by Gasteiger charge is -2.34. The molecule has 0 unspecified atom stereocenters. The molecule has 2 aliphatic rings. The van der Waals surface area contributed by atoms with Gasteiger partial charge in [-0.15, -0.1) is 23.7 Å². The molecule has 10 heteroatoms. The maximum Gasteiger partial charge on any atom is 0.253 e. The number of nitrogens with zero attached hydrogens (tertiary/aromatic N) is 4. The van der Waals surface area contributed by atoms with Gasteiger partial charge in [0.15, 0.2) is 0 Å². The number of piperazine rings is 1. The van der Waals surface area contributed by atoms with Crippen LogP contribution >= 0.6 is 23.7 Å². The molecular weight excluding hydrogens is 444 g/mol. The molecule has 0 atom stereocenters. The Kier molecular flexibility index (Phi) is 7.52. The van der Waals surface area contributed by atoms with Crippen LogP contribution in [0, 0.1) is 6.92 Å². The third-order valence-electron chi connectivity index (χ3n) is 5.49. The van der Waals surface area contributed by atoms with Gasteiger partial charge in [-0.05, 0) is 44.0 Å². The summed E-state index contributed by atoms with van der Waals surface area (Å²) in [6, 6.07) is 6.38. The zero-order chi connectivity index (χ0) is 20.4. The first-order valence-corrected chi connectivity index (χ1v) is 12.3. The Hall–Kier alpha value is -1.52. The molecule has 2 aliphatic heterocycles. The number of hydrogen-bond acceptors (Lipinski definition) is 6. The summed E-state index contributed by atoms with van der Waals surface area (Å²) in [4.78, 5) is 21.7. The molecule has 7 nitrogen and oxygen atoms in total. The second kappa shape index (κ2) is 9.74. The van der Waals surface area contributed by atoms with Crippen molar-refractivity contribution in [2.24, 2.45) is 0 Å². The molecule has 1 amide bonds. The van der Waals surface area contributed by atoms with E-state index >= 15 is 0 Å². The van der Waals surface area contributed by atoms with E-state index in [-0.39, 0.29) is 23.2 Å². The molecule has 0 radical (unpaired) electrons. The first-order valence-electron chi connectivity index (χ1n) is 9.96. The Morgan fingerprint density at radius 1 is 1.03 bits per heavy atom. The van der Waals surface area contributed by atoms with Crippen molar-refractivity contribution in [1.82, 2.24) is 19.1 Å². The maximum absolute atomic E-state index is 12.8. The molecule has 4 rings (SSSR count). The second-order valence-electron chi connectivity index (χ2n) is 7.59. The average molecular weight is 471 g/mol. The van der Waals surface area contributed by atoms with Crippen LogP contribution in [0.2, 0.25) is 0 Å². The number of aromatic nitrogens is 1. The van der Waals surface area contributed by atoms with Gasteiger partial charge in [0.1, 0.15) is 5.01 Å². The third kappa shape index (κ3) is 5.03. The third-order valence-corrected chi connectivity index (χ3v) is 8.35. The molecule has 0 aliphatic carbocycles. The Balaban J connectivity index is 0.00000256. The Morgan fingerprint density at radius 3 is 2.23 bits per heavy atom. The molecule has 30 heavy (non-hydrogen) atoms. The standard InChI is InChI=1S/C20H26N4O3S2.ClH/c1-16-15-28-19(21-16)14-22-10-12-23(13-11-22)20(25)17-4-6-18(7-5-17)29(26,27)24-8-2-3-9-24;/h4-7,15H,2-3,8-14H2,1H3;1H. The van der Waals surface area contributed by atoms with Gasteiger partial charge in [0.2, 0.25) is 10.0 Å². The summed E-state index contributed by atoms with van der Waals surface area (Å²) < 4.78 is 26.8. The van der Waals surface area contributed by atoms with Crippen LogP contribution in [0.4, 0.5) is 0 Å². The Morgan fingerprint density at radius 2 is 1.67 bits per heavy atom. The molecule has 0 N–H and O–H groups in total. The highest BCUT2D eigenvalue weighted by molar-refractivity contribution is 7.89. The van der Waals surface area contributed by atoms with Crippen molar-refractivity contribution >= 4 is 39.7 Å². The molecule has 2 saturated heterocycles. The number of amides is 1. The molecule has 0 saturated carbocycles. The zero-order valence-corrected chi connectivity index (χ0v) is 19.4. The molecule has 1 aromatic heterocycles. The monoisotopic (exact) mass is 470 g/mol. The summed E-state index contributed by atoms with van der Waals surface area (Å²) in [5.41, 5.74) is 1.59. The summed E-state index contributed by atoms with van der Waals surface area (Å²) in [6.45, 7) is 6.93. The van der Waals surface area contributed by atoms with E-state index in [1.165, 1.54) is 4.31 Å². The number of carbonyl (C=O) groups excluding carboxylic acids is 1. The first kappa shape index (κ1) is 23.1. The SMILES string of the molecule is Cc1csc(CN2CCN(C(=O)c3ccc(S(=O)(=O)N4CCCC4)cc3)CC2)n1.Cl. The van der Waals surface area contributed by atoms with E-state index in [4.69, 9.17) is 0 Å². The number of halogens is 1. The van der Waals surface area contributed by atoms with Gasteiger partial charge in [-0.25, -0.2) is 13.4 Å². The van der Waals surface area contributed by atoms with E-state index in [0.717, 1.165) is 43.2 Å². The molecule has 3 heterocycles. The van der Waals surface area contributed by atoms with Gasteiger partial charge in [-0.2, -0.15) is 4.31 Å². The van der Waals surface area contributed by atoms with Gasteiger partial charge in [0.05, 0.1) is 11.4 Å². The van der Waals surface area contributed by atoms with E-state index < -0.39 is 10.0 Å². The lowest BCUT2D eigenvalue weighted by atomic mass is 10.2. The fraction of sp³-hybridized carbons (Fsp3) is 0.500. The van der Waals surface area contributed by atoms with Gasteiger partial charge in [0, 0.05) is 55.9 Å². The van der Waals surface area contributed by atoms with Crippen LogP contribution in [0.25, 0.3) is 0 Å². The number of benzene rings is 1. The van der Waals surface area contributed by atoms with Crippen molar-refractivity contribution in [3.8, 4) is 0 Å². The number of hydrogen-bond donors (Lipinski definition) is 0. The number of carbonyl (C=O) groups is 1. The smallest absolute Gasteiger partial charge is 0.253 e. The van der Waals surface area contributed by atoms with Crippen LogP contribution in [0.5, 0.6) is 0 Å². The van der Waals surface area contributed by atoms with Gasteiger partial charge in [0.25, 0.3) is 5.91 Å². The quantitative estimate of drug-likeness (QED) is 0.671. The van der Waals surface area contributed by atoms with Crippen LogP contribution in [0.1, 0.15) is 33.9 Å². The predicted molar refractivity (Wildman–Crippen MR) is 120 cm³/mol. The normalized spacial score (nSPS) is 18.4. The summed E-state index contributed by atoms with van der Waals surface area (Å²) >= 11 is 1.67. The van der Waals surface area contributed by atoms with Crippen LogP contribution < -0.4 is 0 Å². The van der Waals surface area contributed by atoms with E-state index in [1.807, 2.05) is 11.8 Å². The van der Waals surface area contributed by atoms with Crippen LogP contribution in [-0.2, 0) is 16.6 Å². The summed E-state index contributed by atoms with van der Waals surface area (Å²) in [7, 11) is -3.44. The minimum absolute atomic E-state index is 0. The van der Waals surface area contributed by atoms with Crippen molar-refractivity contribution in [3.63, 3.8) is 0 Å². The lowest BCUT2D eigenvalue weighted by molar-refractivity contribution is 0.0628. The molecule has 0 spiro atoms. The molecule has 2 fully saturated rings. The highest BCUT2D eigenvalue weighted by atomic mass is 35.5. The van der Waals surface area contributed by atoms with Gasteiger partial charge in [-0.1, -0.05) is 0 Å². The van der Waals surface area contributed by atoms with E-state index in [9.17, 15) is 13.2 Å². The highest BCUT2D eigenvalue weighted by Crippen LogP contribution is 2.22. The van der Waals surface area contributed by atoms with Gasteiger partial charge >= 0.3 is 0 Å². The van der Waals surface area contributed by atoms with Crippen molar-refractivity contribution in [2.75, 3.05) is 39.3 Å². The van der Waals surface area contributed by atoms with E-state index in [0.29, 0.717) is 31.7 Å². The predicted octanol–water partition coefficient (Wildman–Crippen LogP) is 2.62. The van der Waals surface area contributed by atoms with Crippen LogP contribution in [0.3, 0.4) is 0 Å². The van der Waals surface area contributed by atoms with Crippen molar-refractivity contribution in [1.29, 1.82) is 0 Å². The van der Waals surface area contributed by atoms with E-state index in [2.05, 4.69) is 15.3 Å². The molecule has 0 bridgehead atoms. The summed E-state index contributed by atoms with van der Waals surface area (Å²) in [5.74, 6) is -0.0418. The van der Waals surface area contributed by atoms with Gasteiger partial charge < -0.3 is 4.90 Å². The van der Waals surface area contributed by atoms with Crippen molar-refractivity contribution in [3.05, 3.63) is 45.9 Å². The second-order valence-corrected chi connectivity index (χ2v) is 10.5. The number of aryl methyl sites for hydroxylation is 1. The van der Waals surface area contributed by atoms with Crippen LogP contribution in [-0.4, -0.2) is 72.7 Å². The minimum atomic E-state index is -3.44. The largest absolute Gasteiger partial charge is 0.336 e. The number of rotatable bonds is 5. The van der Waals surface area contributed by atoms with E-state index in [1.54, 1.807) is 35.6 Å². The number of sulfonamides is 1. The summed E-state index contributed by atoms with van der Waals surface area (Å²) in [5, 5.41) is 3.17. The molecule has 2 aromatic rings. The number of thiazole rings is 1. The summed E-state index contributed by atoms with van der Waals surface area (Å²) in [6.07, 6.45) is 1.81. The minimum Gasteiger partial charge on any atom is -0.336 e. The van der Waals surface area contributed by atoms with Crippen LogP contribution in [0.15, 0.2) is 34.5 Å². The van der Waals surface area contributed by atoms with Crippen molar-refractivity contribution < 1.29 is 13.2 Å². The zero-order valence-electron chi connectivity index (χ0n) is 17.0. The average Bonchev–Trinajstić information content (AvgIpc) is 3.41. The first-order chi connectivity index (χ1) is 13.9. The van der Waals surface area contributed by atoms with Gasteiger partial charge in [-0.3, -0.25) is 9.69 Å². The Bertz CT molecular complexity index is 964. The molecular formula is C20H27ClN4O3S2. The lowest BCUT2D eigenvalue weighted by Crippen LogP contribution is -2.48. The Labute approximate surface area is 188 Å². The fourth-order valence-electron chi connectivity index (χ4n) is 3.81. The van der Waals surface area contributed by atoms with Crippen molar-refractivity contribution in [2.45, 2.75) is 31.2 Å². The molecule has 1 aromatic carbocycles. The fourth-order valence-corrected chi connectivity index (χ4v) is 6.14. The highest BCUT2D eigenvalue weighted by Gasteiger charge is 2.28.